The Kier molecular flexibility index (Phi) is 7.93. The van der Waals surface area contributed by atoms with Gasteiger partial charge in [-0.2, -0.15) is 0 Å². The first-order valence-electron chi connectivity index (χ1n) is 9.32. The zero-order valence-corrected chi connectivity index (χ0v) is 16.4. The van der Waals surface area contributed by atoms with Crippen LogP contribution in [-0.4, -0.2) is 18.5 Å². The molecule has 0 saturated carbocycles. The lowest BCUT2D eigenvalue weighted by atomic mass is 10.00. The molecule has 5 heteroatoms. The molecule has 1 N–H and O–H groups in total. The molecule has 2 aromatic rings. The summed E-state index contributed by atoms with van der Waals surface area (Å²) in [6.07, 6.45) is 3.72. The van der Waals surface area contributed by atoms with Crippen molar-refractivity contribution in [2.45, 2.75) is 33.2 Å². The maximum absolute atomic E-state index is 12.8. The normalized spacial score (nSPS) is 12.2. The monoisotopic (exact) mass is 383 g/mol. The summed E-state index contributed by atoms with van der Waals surface area (Å²) in [7, 11) is 0. The minimum atomic E-state index is -0.634. The van der Waals surface area contributed by atoms with E-state index >= 15 is 0 Å². The van der Waals surface area contributed by atoms with Crippen LogP contribution in [0.25, 0.3) is 6.08 Å². The molecular formula is C23H26FNO3. The summed E-state index contributed by atoms with van der Waals surface area (Å²) in [4.78, 5) is 23.7. The Balaban J connectivity index is 1.78. The molecule has 4 nitrogen and oxygen atoms in total. The second kappa shape index (κ2) is 10.4. The van der Waals surface area contributed by atoms with Gasteiger partial charge in [-0.05, 0) is 54.2 Å². The molecule has 2 aromatic carbocycles. The van der Waals surface area contributed by atoms with Gasteiger partial charge in [0, 0.05) is 6.08 Å². The standard InChI is InChI=1S/C23H26FNO3/c1-16(2)14-19-4-9-20(10-5-19)17(3)25-22(26)15-28-23(27)13-8-18-6-11-21(24)12-7-18/h4-13,16-17H,14-15H2,1-3H3,(H,25,26)/b13-8+/t17-/m0/s1. The molecule has 0 heterocycles. The molecule has 0 spiro atoms. The Labute approximate surface area is 165 Å². The molecule has 0 bridgehead atoms. The summed E-state index contributed by atoms with van der Waals surface area (Å²) < 4.78 is 17.8. The minimum absolute atomic E-state index is 0.186. The van der Waals surface area contributed by atoms with Crippen molar-refractivity contribution in [2.24, 2.45) is 5.92 Å². The van der Waals surface area contributed by atoms with E-state index in [-0.39, 0.29) is 24.4 Å². The van der Waals surface area contributed by atoms with Crippen LogP contribution in [0, 0.1) is 11.7 Å². The van der Waals surface area contributed by atoms with E-state index in [1.54, 1.807) is 12.1 Å². The van der Waals surface area contributed by atoms with E-state index in [9.17, 15) is 14.0 Å². The number of nitrogens with one attached hydrogen (secondary N) is 1. The van der Waals surface area contributed by atoms with Crippen LogP contribution in [0.3, 0.4) is 0 Å². The summed E-state index contributed by atoms with van der Waals surface area (Å²) in [5.41, 5.74) is 2.92. The van der Waals surface area contributed by atoms with Crippen LogP contribution in [0.1, 0.15) is 43.5 Å². The Morgan fingerprint density at radius 3 is 2.29 bits per heavy atom. The number of halogens is 1. The molecule has 0 saturated heterocycles. The fourth-order valence-electron chi connectivity index (χ4n) is 2.70. The van der Waals surface area contributed by atoms with Crippen molar-refractivity contribution in [3.05, 3.63) is 77.1 Å². The summed E-state index contributed by atoms with van der Waals surface area (Å²) in [5, 5.41) is 2.81. The Morgan fingerprint density at radius 2 is 1.68 bits per heavy atom. The van der Waals surface area contributed by atoms with Gasteiger partial charge in [0.1, 0.15) is 5.82 Å². The Bertz CT molecular complexity index is 811. The minimum Gasteiger partial charge on any atom is -0.452 e. The van der Waals surface area contributed by atoms with Crippen LogP contribution in [0.4, 0.5) is 4.39 Å². The van der Waals surface area contributed by atoms with Crippen molar-refractivity contribution in [1.29, 1.82) is 0 Å². The van der Waals surface area contributed by atoms with Crippen molar-refractivity contribution in [2.75, 3.05) is 6.61 Å². The van der Waals surface area contributed by atoms with Crippen molar-refractivity contribution >= 4 is 18.0 Å². The molecule has 0 radical (unpaired) electrons. The second-order valence-corrected chi connectivity index (χ2v) is 7.12. The number of rotatable bonds is 8. The largest absolute Gasteiger partial charge is 0.452 e. The highest BCUT2D eigenvalue weighted by Gasteiger charge is 2.11. The molecule has 0 aliphatic carbocycles. The Morgan fingerprint density at radius 1 is 1.04 bits per heavy atom. The molecule has 1 amide bonds. The van der Waals surface area contributed by atoms with E-state index in [0.29, 0.717) is 11.5 Å². The van der Waals surface area contributed by atoms with Gasteiger partial charge in [0.15, 0.2) is 6.61 Å². The molecule has 28 heavy (non-hydrogen) atoms. The maximum atomic E-state index is 12.8. The zero-order valence-electron chi connectivity index (χ0n) is 16.4. The van der Waals surface area contributed by atoms with E-state index in [2.05, 4.69) is 31.3 Å². The molecule has 2 rings (SSSR count). The molecule has 0 aliphatic heterocycles. The predicted octanol–water partition coefficient (Wildman–Crippen LogP) is 4.46. The third-order valence-corrected chi connectivity index (χ3v) is 4.13. The Hall–Kier alpha value is -2.95. The van der Waals surface area contributed by atoms with E-state index in [0.717, 1.165) is 12.0 Å². The van der Waals surface area contributed by atoms with Crippen molar-refractivity contribution in [3.8, 4) is 0 Å². The van der Waals surface area contributed by atoms with Gasteiger partial charge in [-0.15, -0.1) is 0 Å². The van der Waals surface area contributed by atoms with Crippen LogP contribution in [-0.2, 0) is 20.7 Å². The van der Waals surface area contributed by atoms with Gasteiger partial charge in [-0.1, -0.05) is 50.2 Å². The fourth-order valence-corrected chi connectivity index (χ4v) is 2.70. The maximum Gasteiger partial charge on any atom is 0.331 e. The van der Waals surface area contributed by atoms with E-state index in [1.807, 2.05) is 19.1 Å². The first kappa shape index (κ1) is 21.4. The van der Waals surface area contributed by atoms with Crippen LogP contribution in [0.2, 0.25) is 0 Å². The number of carbonyl (C=O) groups is 2. The second-order valence-electron chi connectivity index (χ2n) is 7.12. The lowest BCUT2D eigenvalue weighted by Gasteiger charge is -2.15. The van der Waals surface area contributed by atoms with Crippen LogP contribution >= 0.6 is 0 Å². The lowest BCUT2D eigenvalue weighted by molar-refractivity contribution is -0.144. The van der Waals surface area contributed by atoms with Crippen molar-refractivity contribution < 1.29 is 18.7 Å². The SMILES string of the molecule is CC(C)Cc1ccc([C@H](C)NC(=O)COC(=O)/C=C/c2ccc(F)cc2)cc1. The molecule has 0 aromatic heterocycles. The number of hydrogen-bond donors (Lipinski definition) is 1. The zero-order chi connectivity index (χ0) is 20.5. The van der Waals surface area contributed by atoms with Gasteiger partial charge in [-0.3, -0.25) is 4.79 Å². The smallest absolute Gasteiger partial charge is 0.331 e. The molecule has 0 unspecified atom stereocenters. The van der Waals surface area contributed by atoms with Gasteiger partial charge >= 0.3 is 5.97 Å². The van der Waals surface area contributed by atoms with Gasteiger partial charge in [-0.25, -0.2) is 9.18 Å². The van der Waals surface area contributed by atoms with E-state index < -0.39 is 5.97 Å². The van der Waals surface area contributed by atoms with Crippen molar-refractivity contribution in [1.82, 2.24) is 5.32 Å². The third-order valence-electron chi connectivity index (χ3n) is 4.13. The average Bonchev–Trinajstić information content (AvgIpc) is 2.66. The highest BCUT2D eigenvalue weighted by molar-refractivity contribution is 5.89. The predicted molar refractivity (Wildman–Crippen MR) is 108 cm³/mol. The quantitative estimate of drug-likeness (QED) is 0.541. The highest BCUT2D eigenvalue weighted by atomic mass is 19.1. The molecule has 1 atom stereocenters. The molecular weight excluding hydrogens is 357 g/mol. The molecule has 0 aliphatic rings. The van der Waals surface area contributed by atoms with Gasteiger partial charge in [0.05, 0.1) is 6.04 Å². The third kappa shape index (κ3) is 7.35. The van der Waals surface area contributed by atoms with E-state index in [1.165, 1.54) is 29.8 Å². The molecule has 148 valence electrons. The topological polar surface area (TPSA) is 55.4 Å². The number of benzene rings is 2. The number of ether oxygens (including phenoxy) is 1. The van der Waals surface area contributed by atoms with Gasteiger partial charge in [0.2, 0.25) is 0 Å². The molecule has 0 fully saturated rings. The van der Waals surface area contributed by atoms with E-state index in [4.69, 9.17) is 4.74 Å². The van der Waals surface area contributed by atoms with Crippen LogP contribution in [0.15, 0.2) is 54.6 Å². The average molecular weight is 383 g/mol. The number of esters is 1. The summed E-state index contributed by atoms with van der Waals surface area (Å²) >= 11 is 0. The highest BCUT2D eigenvalue weighted by Crippen LogP contribution is 2.15. The summed E-state index contributed by atoms with van der Waals surface area (Å²) in [6, 6.07) is 13.6. The fraction of sp³-hybridized carbons (Fsp3) is 0.304. The summed E-state index contributed by atoms with van der Waals surface area (Å²) in [6.45, 7) is 5.87. The first-order valence-corrected chi connectivity index (χ1v) is 9.32. The summed E-state index contributed by atoms with van der Waals surface area (Å²) in [5.74, 6) is -0.762. The lowest BCUT2D eigenvalue weighted by Crippen LogP contribution is -2.30. The first-order chi connectivity index (χ1) is 13.3. The number of hydrogen-bond acceptors (Lipinski definition) is 3. The number of carbonyl (C=O) groups excluding carboxylic acids is 2. The van der Waals surface area contributed by atoms with Gasteiger partial charge < -0.3 is 10.1 Å². The van der Waals surface area contributed by atoms with Gasteiger partial charge in [0.25, 0.3) is 5.91 Å². The van der Waals surface area contributed by atoms with Crippen LogP contribution in [0.5, 0.6) is 0 Å². The van der Waals surface area contributed by atoms with Crippen LogP contribution < -0.4 is 5.32 Å². The number of amides is 1. The van der Waals surface area contributed by atoms with Crippen molar-refractivity contribution in [3.63, 3.8) is 0 Å².